The zero-order valence-corrected chi connectivity index (χ0v) is 14.4. The van der Waals surface area contributed by atoms with Crippen molar-refractivity contribution in [1.29, 1.82) is 5.26 Å². The average molecular weight is 344 g/mol. The van der Waals surface area contributed by atoms with Crippen molar-refractivity contribution in [1.82, 2.24) is 4.90 Å². The Labute approximate surface area is 145 Å². The van der Waals surface area contributed by atoms with Crippen LogP contribution in [0.3, 0.4) is 0 Å². The molecule has 5 nitrogen and oxygen atoms in total. The fraction of sp³-hybridized carbons (Fsp3) is 0.333. The lowest BCUT2D eigenvalue weighted by atomic mass is 9.76. The lowest BCUT2D eigenvalue weighted by molar-refractivity contribution is -0.116. The topological polar surface area (TPSA) is 79.3 Å². The Bertz CT molecular complexity index is 820. The van der Waals surface area contributed by atoms with Gasteiger partial charge in [0.15, 0.2) is 5.78 Å². The van der Waals surface area contributed by atoms with Crippen LogP contribution in [0.1, 0.15) is 30.7 Å². The standard InChI is InChI=1S/C18H18ClN3O2/c1-22-13-4-3-5-14(23)17(13)16(11(9-20)18(22)21)10-6-7-15(24-2)12(19)8-10/h6-8,16H,3-5,21H2,1-2H3/t16-/m1/s1. The molecule has 0 unspecified atom stereocenters. The molecule has 2 aliphatic rings. The second kappa shape index (κ2) is 6.21. The van der Waals surface area contributed by atoms with Gasteiger partial charge >= 0.3 is 0 Å². The molecule has 24 heavy (non-hydrogen) atoms. The Morgan fingerprint density at radius 2 is 2.17 bits per heavy atom. The molecule has 0 amide bonds. The monoisotopic (exact) mass is 343 g/mol. The molecule has 1 aromatic rings. The maximum atomic E-state index is 12.6. The summed E-state index contributed by atoms with van der Waals surface area (Å²) in [6.07, 6.45) is 2.07. The van der Waals surface area contributed by atoms with Gasteiger partial charge in [-0.25, -0.2) is 0 Å². The number of ketones is 1. The third-order valence-electron chi connectivity index (χ3n) is 4.68. The fourth-order valence-electron chi connectivity index (χ4n) is 3.46. The van der Waals surface area contributed by atoms with Crippen molar-refractivity contribution in [2.45, 2.75) is 25.2 Å². The van der Waals surface area contributed by atoms with E-state index in [0.29, 0.717) is 34.2 Å². The molecule has 2 N–H and O–H groups in total. The van der Waals surface area contributed by atoms with Crippen LogP contribution in [0.4, 0.5) is 0 Å². The first-order valence-corrected chi connectivity index (χ1v) is 8.10. The first kappa shape index (κ1) is 16.4. The molecule has 0 radical (unpaired) electrons. The number of Topliss-reactive ketones (excluding diaryl/α,β-unsaturated/α-hetero) is 1. The number of allylic oxidation sites excluding steroid dienone is 3. The molecule has 0 spiro atoms. The van der Waals surface area contributed by atoms with Crippen molar-refractivity contribution in [2.24, 2.45) is 5.73 Å². The molecule has 0 aromatic heterocycles. The molecule has 1 aliphatic heterocycles. The van der Waals surface area contributed by atoms with Crippen LogP contribution in [0.25, 0.3) is 0 Å². The summed E-state index contributed by atoms with van der Waals surface area (Å²) in [5.41, 5.74) is 8.91. The number of ether oxygens (including phenoxy) is 1. The molecule has 6 heteroatoms. The van der Waals surface area contributed by atoms with Crippen LogP contribution >= 0.6 is 11.6 Å². The highest BCUT2D eigenvalue weighted by atomic mass is 35.5. The Kier molecular flexibility index (Phi) is 4.25. The number of nitriles is 1. The second-order valence-corrected chi connectivity index (χ2v) is 6.34. The molecular weight excluding hydrogens is 326 g/mol. The number of nitrogens with two attached hydrogens (primary N) is 1. The molecule has 0 saturated heterocycles. The third-order valence-corrected chi connectivity index (χ3v) is 4.97. The van der Waals surface area contributed by atoms with E-state index in [1.165, 1.54) is 0 Å². The van der Waals surface area contributed by atoms with Gasteiger partial charge in [-0.2, -0.15) is 5.26 Å². The fourth-order valence-corrected chi connectivity index (χ4v) is 3.72. The summed E-state index contributed by atoms with van der Waals surface area (Å²) in [6, 6.07) is 7.51. The van der Waals surface area contributed by atoms with E-state index in [-0.39, 0.29) is 5.78 Å². The van der Waals surface area contributed by atoms with E-state index >= 15 is 0 Å². The molecule has 1 atom stereocenters. The number of methoxy groups -OCH3 is 1. The minimum absolute atomic E-state index is 0.0697. The van der Waals surface area contributed by atoms with Gasteiger partial charge in [-0.15, -0.1) is 0 Å². The number of hydrogen-bond donors (Lipinski definition) is 1. The van der Waals surface area contributed by atoms with Crippen LogP contribution in [0.5, 0.6) is 5.75 Å². The Balaban J connectivity index is 2.21. The van der Waals surface area contributed by atoms with Crippen LogP contribution in [-0.2, 0) is 4.79 Å². The van der Waals surface area contributed by atoms with Crippen molar-refractivity contribution >= 4 is 17.4 Å². The minimum Gasteiger partial charge on any atom is -0.495 e. The summed E-state index contributed by atoms with van der Waals surface area (Å²) < 4.78 is 5.19. The number of halogens is 1. The Hall–Kier alpha value is -2.45. The summed E-state index contributed by atoms with van der Waals surface area (Å²) in [7, 11) is 3.35. The summed E-state index contributed by atoms with van der Waals surface area (Å²) in [5.74, 6) is 0.536. The van der Waals surface area contributed by atoms with Crippen LogP contribution in [0.2, 0.25) is 5.02 Å². The van der Waals surface area contributed by atoms with E-state index in [0.717, 1.165) is 24.1 Å². The van der Waals surface area contributed by atoms with Gasteiger partial charge in [0, 0.05) is 24.7 Å². The van der Waals surface area contributed by atoms with E-state index in [4.69, 9.17) is 22.1 Å². The largest absolute Gasteiger partial charge is 0.495 e. The smallest absolute Gasteiger partial charge is 0.161 e. The summed E-state index contributed by atoms with van der Waals surface area (Å²) in [4.78, 5) is 14.4. The molecular formula is C18H18ClN3O2. The maximum absolute atomic E-state index is 12.6. The Morgan fingerprint density at radius 3 is 2.79 bits per heavy atom. The number of rotatable bonds is 2. The zero-order chi connectivity index (χ0) is 17.4. The van der Waals surface area contributed by atoms with Crippen molar-refractivity contribution in [3.05, 3.63) is 51.4 Å². The quantitative estimate of drug-likeness (QED) is 0.892. The van der Waals surface area contributed by atoms with Gasteiger partial charge in [0.25, 0.3) is 0 Å². The molecule has 1 heterocycles. The SMILES string of the molecule is COc1ccc([C@@H]2C(C#N)=C(N)N(C)C3=C2C(=O)CCC3)cc1Cl. The average Bonchev–Trinajstić information content (AvgIpc) is 2.58. The van der Waals surface area contributed by atoms with Crippen molar-refractivity contribution in [3.63, 3.8) is 0 Å². The van der Waals surface area contributed by atoms with Gasteiger partial charge in [-0.1, -0.05) is 17.7 Å². The maximum Gasteiger partial charge on any atom is 0.161 e. The number of carbonyl (C=O) groups is 1. The summed E-state index contributed by atoms with van der Waals surface area (Å²) in [6.45, 7) is 0. The van der Waals surface area contributed by atoms with Gasteiger partial charge in [0.2, 0.25) is 0 Å². The first-order valence-electron chi connectivity index (χ1n) is 7.72. The lowest BCUT2D eigenvalue weighted by Crippen LogP contribution is -2.36. The predicted molar refractivity (Wildman–Crippen MR) is 91.2 cm³/mol. The number of nitrogens with zero attached hydrogens (tertiary/aromatic N) is 2. The highest BCUT2D eigenvalue weighted by Crippen LogP contribution is 2.45. The molecule has 1 aromatic carbocycles. The van der Waals surface area contributed by atoms with Gasteiger partial charge in [0.1, 0.15) is 11.6 Å². The van der Waals surface area contributed by atoms with Crippen molar-refractivity contribution in [2.75, 3.05) is 14.2 Å². The van der Waals surface area contributed by atoms with E-state index in [1.807, 2.05) is 6.07 Å². The van der Waals surface area contributed by atoms with Crippen molar-refractivity contribution in [3.8, 4) is 11.8 Å². The number of benzene rings is 1. The van der Waals surface area contributed by atoms with E-state index < -0.39 is 5.92 Å². The predicted octanol–water partition coefficient (Wildman–Crippen LogP) is 3.08. The molecule has 3 rings (SSSR count). The van der Waals surface area contributed by atoms with Gasteiger partial charge in [-0.3, -0.25) is 4.79 Å². The normalized spacial score (nSPS) is 20.8. The van der Waals surface area contributed by atoms with Crippen LogP contribution < -0.4 is 10.5 Å². The molecule has 0 saturated carbocycles. The molecule has 0 bridgehead atoms. The molecule has 1 aliphatic carbocycles. The van der Waals surface area contributed by atoms with Gasteiger partial charge in [0.05, 0.1) is 29.7 Å². The molecule has 124 valence electrons. The Morgan fingerprint density at radius 1 is 1.42 bits per heavy atom. The number of hydrogen-bond acceptors (Lipinski definition) is 5. The third kappa shape index (κ3) is 2.44. The van der Waals surface area contributed by atoms with Crippen LogP contribution in [-0.4, -0.2) is 24.8 Å². The first-order chi connectivity index (χ1) is 11.5. The van der Waals surface area contributed by atoms with E-state index in [9.17, 15) is 10.1 Å². The number of carbonyl (C=O) groups excluding carboxylic acids is 1. The van der Waals surface area contributed by atoms with Crippen LogP contribution in [0, 0.1) is 11.3 Å². The zero-order valence-electron chi connectivity index (χ0n) is 13.6. The van der Waals surface area contributed by atoms with Crippen LogP contribution in [0.15, 0.2) is 40.9 Å². The van der Waals surface area contributed by atoms with Crippen molar-refractivity contribution < 1.29 is 9.53 Å². The van der Waals surface area contributed by atoms with E-state index in [1.54, 1.807) is 31.2 Å². The second-order valence-electron chi connectivity index (χ2n) is 5.93. The van der Waals surface area contributed by atoms with Gasteiger partial charge < -0.3 is 15.4 Å². The van der Waals surface area contributed by atoms with E-state index in [2.05, 4.69) is 6.07 Å². The van der Waals surface area contributed by atoms with Gasteiger partial charge in [-0.05, 0) is 30.5 Å². The highest BCUT2D eigenvalue weighted by molar-refractivity contribution is 6.32. The molecule has 0 fully saturated rings. The summed E-state index contributed by atoms with van der Waals surface area (Å²) >= 11 is 6.25. The highest BCUT2D eigenvalue weighted by Gasteiger charge is 2.38. The summed E-state index contributed by atoms with van der Waals surface area (Å²) in [5, 5.41) is 10.1. The minimum atomic E-state index is -0.475. The lowest BCUT2D eigenvalue weighted by Gasteiger charge is -2.37.